The second kappa shape index (κ2) is 7.00. The Morgan fingerprint density at radius 2 is 1.90 bits per heavy atom. The summed E-state index contributed by atoms with van der Waals surface area (Å²) in [5.74, 6) is -1.11. The summed E-state index contributed by atoms with van der Waals surface area (Å²) in [5.41, 5.74) is 5.21. The third-order valence-corrected chi connectivity index (χ3v) is 5.42. The Bertz CT molecular complexity index is 457. The van der Waals surface area contributed by atoms with E-state index in [1.54, 1.807) is 0 Å². The number of piperidine rings is 1. The molecule has 1 saturated heterocycles. The zero-order valence-electron chi connectivity index (χ0n) is 11.7. The van der Waals surface area contributed by atoms with Crippen LogP contribution >= 0.6 is 0 Å². The number of esters is 1. The van der Waals surface area contributed by atoms with Gasteiger partial charge in [-0.2, -0.15) is 17.0 Å². The Kier molecular flexibility index (Phi) is 5.90. The van der Waals surface area contributed by atoms with Gasteiger partial charge in [-0.1, -0.05) is 0 Å². The van der Waals surface area contributed by atoms with Crippen molar-refractivity contribution < 1.29 is 22.7 Å². The number of hydrogen-bond donors (Lipinski definition) is 1. The van der Waals surface area contributed by atoms with Gasteiger partial charge < -0.3 is 10.5 Å². The highest BCUT2D eigenvalue weighted by Crippen LogP contribution is 2.20. The van der Waals surface area contributed by atoms with Crippen LogP contribution in [0.25, 0.3) is 0 Å². The number of ether oxygens (including phenoxy) is 1. The molecule has 1 rings (SSSR count). The zero-order valence-corrected chi connectivity index (χ0v) is 12.6. The fourth-order valence-corrected chi connectivity index (χ4v) is 3.42. The number of nitrogens with zero attached hydrogens (tertiary/aromatic N) is 2. The van der Waals surface area contributed by atoms with Crippen LogP contribution in [0.4, 0.5) is 0 Å². The monoisotopic (exact) mass is 307 g/mol. The quantitative estimate of drug-likeness (QED) is 0.628. The van der Waals surface area contributed by atoms with Crippen molar-refractivity contribution in [3.8, 4) is 0 Å². The second-order valence-corrected chi connectivity index (χ2v) is 6.77. The summed E-state index contributed by atoms with van der Waals surface area (Å²) in [6.45, 7) is 0.585. The highest BCUT2D eigenvalue weighted by molar-refractivity contribution is 7.86. The van der Waals surface area contributed by atoms with Gasteiger partial charge in [0.05, 0.1) is 13.5 Å². The molecular formula is C11H21N3O5S. The molecule has 116 valence electrons. The minimum Gasteiger partial charge on any atom is -0.469 e. The third kappa shape index (κ3) is 4.15. The molecule has 0 saturated carbocycles. The van der Waals surface area contributed by atoms with E-state index in [0.29, 0.717) is 12.8 Å². The van der Waals surface area contributed by atoms with Gasteiger partial charge in [-0.15, -0.1) is 0 Å². The van der Waals surface area contributed by atoms with Crippen LogP contribution in [0.2, 0.25) is 0 Å². The van der Waals surface area contributed by atoms with E-state index in [-0.39, 0.29) is 37.9 Å². The molecule has 0 aromatic rings. The molecule has 0 bridgehead atoms. The molecule has 0 radical (unpaired) electrons. The first-order valence-electron chi connectivity index (χ1n) is 6.36. The number of rotatable bonds is 6. The second-order valence-electron chi connectivity index (χ2n) is 4.73. The number of carbonyl (C=O) groups is 2. The van der Waals surface area contributed by atoms with Gasteiger partial charge in [0.15, 0.2) is 0 Å². The molecule has 8 nitrogen and oxygen atoms in total. The van der Waals surface area contributed by atoms with Crippen molar-refractivity contribution in [1.29, 1.82) is 0 Å². The third-order valence-electron chi connectivity index (χ3n) is 3.43. The Labute approximate surface area is 119 Å². The molecule has 1 fully saturated rings. The van der Waals surface area contributed by atoms with Gasteiger partial charge >= 0.3 is 5.97 Å². The van der Waals surface area contributed by atoms with E-state index >= 15 is 0 Å². The van der Waals surface area contributed by atoms with Crippen molar-refractivity contribution in [2.45, 2.75) is 19.3 Å². The van der Waals surface area contributed by atoms with E-state index in [4.69, 9.17) is 5.73 Å². The van der Waals surface area contributed by atoms with Crippen LogP contribution in [-0.4, -0.2) is 62.7 Å². The minimum atomic E-state index is -3.61. The summed E-state index contributed by atoms with van der Waals surface area (Å²) >= 11 is 0. The number of carbonyl (C=O) groups excluding carboxylic acids is 2. The first kappa shape index (κ1) is 16.9. The van der Waals surface area contributed by atoms with Crippen LogP contribution in [0.15, 0.2) is 0 Å². The Hall–Kier alpha value is -1.19. The van der Waals surface area contributed by atoms with Gasteiger partial charge in [0, 0.05) is 32.6 Å². The molecule has 0 aromatic carbocycles. The van der Waals surface area contributed by atoms with E-state index in [0.717, 1.165) is 4.31 Å². The van der Waals surface area contributed by atoms with E-state index in [9.17, 15) is 18.0 Å². The maximum Gasteiger partial charge on any atom is 0.306 e. The van der Waals surface area contributed by atoms with Crippen molar-refractivity contribution >= 4 is 22.1 Å². The average Bonchev–Trinajstić information content (AvgIpc) is 2.44. The van der Waals surface area contributed by atoms with Crippen LogP contribution in [0.1, 0.15) is 19.3 Å². The molecule has 20 heavy (non-hydrogen) atoms. The van der Waals surface area contributed by atoms with Gasteiger partial charge in [-0.05, 0) is 12.8 Å². The SMILES string of the molecule is COC(=O)CCN(C)S(=O)(=O)N1CCC(C(N)=O)CC1. The van der Waals surface area contributed by atoms with Gasteiger partial charge in [0.1, 0.15) is 0 Å². The molecule has 0 unspecified atom stereocenters. The molecule has 0 aromatic heterocycles. The molecule has 1 aliphatic rings. The number of methoxy groups -OCH3 is 1. The molecule has 1 amide bonds. The van der Waals surface area contributed by atoms with E-state index in [1.807, 2.05) is 0 Å². The highest BCUT2D eigenvalue weighted by atomic mass is 32.2. The summed E-state index contributed by atoms with van der Waals surface area (Å²) in [5, 5.41) is 0. The maximum absolute atomic E-state index is 12.2. The Morgan fingerprint density at radius 3 is 2.35 bits per heavy atom. The minimum absolute atomic E-state index is 0.00395. The maximum atomic E-state index is 12.2. The first-order chi connectivity index (χ1) is 9.28. The number of amides is 1. The van der Waals surface area contributed by atoms with Crippen molar-refractivity contribution in [3.63, 3.8) is 0 Å². The lowest BCUT2D eigenvalue weighted by Gasteiger charge is -2.32. The standard InChI is InChI=1S/C11H21N3O5S/c1-13(6-5-10(15)19-2)20(17,18)14-7-3-9(4-8-14)11(12)16/h9H,3-8H2,1-2H3,(H2,12,16). The van der Waals surface area contributed by atoms with Gasteiger partial charge in [-0.25, -0.2) is 0 Å². The molecule has 1 heterocycles. The largest absolute Gasteiger partial charge is 0.469 e. The van der Waals surface area contributed by atoms with Crippen LogP contribution in [0.3, 0.4) is 0 Å². The molecule has 0 aliphatic carbocycles. The Balaban J connectivity index is 2.56. The summed E-state index contributed by atoms with van der Waals surface area (Å²) in [6, 6.07) is 0. The van der Waals surface area contributed by atoms with Crippen molar-refractivity contribution in [1.82, 2.24) is 8.61 Å². The Morgan fingerprint density at radius 1 is 1.35 bits per heavy atom. The van der Waals surface area contributed by atoms with Gasteiger partial charge in [-0.3, -0.25) is 9.59 Å². The fraction of sp³-hybridized carbons (Fsp3) is 0.818. The highest BCUT2D eigenvalue weighted by Gasteiger charge is 2.32. The predicted octanol–water partition coefficient (Wildman–Crippen LogP) is -1.08. The lowest BCUT2D eigenvalue weighted by atomic mass is 9.98. The summed E-state index contributed by atoms with van der Waals surface area (Å²) in [6.07, 6.45) is 0.864. The van der Waals surface area contributed by atoms with E-state index < -0.39 is 16.2 Å². The van der Waals surface area contributed by atoms with Crippen molar-refractivity contribution in [2.75, 3.05) is 33.8 Å². The molecule has 0 spiro atoms. The van der Waals surface area contributed by atoms with Crippen molar-refractivity contribution in [3.05, 3.63) is 0 Å². The number of nitrogens with two attached hydrogens (primary N) is 1. The summed E-state index contributed by atoms with van der Waals surface area (Å²) < 4.78 is 31.4. The van der Waals surface area contributed by atoms with Crippen LogP contribution in [0.5, 0.6) is 0 Å². The molecule has 0 atom stereocenters. The van der Waals surface area contributed by atoms with Crippen LogP contribution in [0, 0.1) is 5.92 Å². The predicted molar refractivity (Wildman–Crippen MR) is 71.7 cm³/mol. The summed E-state index contributed by atoms with van der Waals surface area (Å²) in [4.78, 5) is 22.1. The summed E-state index contributed by atoms with van der Waals surface area (Å²) in [7, 11) is -0.938. The van der Waals surface area contributed by atoms with E-state index in [2.05, 4.69) is 4.74 Å². The lowest BCUT2D eigenvalue weighted by molar-refractivity contribution is -0.140. The topological polar surface area (TPSA) is 110 Å². The van der Waals surface area contributed by atoms with Crippen molar-refractivity contribution in [2.24, 2.45) is 11.7 Å². The van der Waals surface area contributed by atoms with Crippen LogP contribution < -0.4 is 5.73 Å². The lowest BCUT2D eigenvalue weighted by Crippen LogP contribution is -2.47. The smallest absolute Gasteiger partial charge is 0.306 e. The normalized spacial score (nSPS) is 18.1. The number of primary amides is 1. The van der Waals surface area contributed by atoms with E-state index in [1.165, 1.54) is 18.5 Å². The first-order valence-corrected chi connectivity index (χ1v) is 7.76. The molecule has 9 heteroatoms. The number of hydrogen-bond acceptors (Lipinski definition) is 5. The fourth-order valence-electron chi connectivity index (χ4n) is 2.03. The van der Waals surface area contributed by atoms with Crippen LogP contribution in [-0.2, 0) is 24.5 Å². The molecule has 2 N–H and O–H groups in total. The van der Waals surface area contributed by atoms with Gasteiger partial charge in [0.25, 0.3) is 10.2 Å². The van der Waals surface area contributed by atoms with Gasteiger partial charge in [0.2, 0.25) is 5.91 Å². The average molecular weight is 307 g/mol. The zero-order chi connectivity index (χ0) is 15.3. The molecular weight excluding hydrogens is 286 g/mol. The molecule has 1 aliphatic heterocycles.